The van der Waals surface area contributed by atoms with Gasteiger partial charge in [-0.2, -0.15) is 0 Å². The van der Waals surface area contributed by atoms with Crippen LogP contribution in [-0.2, 0) is 7.05 Å². The summed E-state index contributed by atoms with van der Waals surface area (Å²) >= 11 is 0. The van der Waals surface area contributed by atoms with Gasteiger partial charge < -0.3 is 14.9 Å². The van der Waals surface area contributed by atoms with Gasteiger partial charge in [-0.1, -0.05) is 12.1 Å². The molecule has 5 aromatic rings. The van der Waals surface area contributed by atoms with Crippen molar-refractivity contribution in [3.8, 4) is 11.1 Å². The van der Waals surface area contributed by atoms with Gasteiger partial charge in [0.15, 0.2) is 0 Å². The van der Waals surface area contributed by atoms with Crippen molar-refractivity contribution in [2.75, 3.05) is 5.32 Å². The first kappa shape index (κ1) is 14.7. The van der Waals surface area contributed by atoms with Gasteiger partial charge in [0.2, 0.25) is 0 Å². The number of nitrogens with zero attached hydrogens (tertiary/aromatic N) is 4. The second-order valence-corrected chi connectivity index (χ2v) is 6.24. The topological polar surface area (TPSA) is 71.4 Å². The molecule has 5 rings (SSSR count). The van der Waals surface area contributed by atoms with Crippen LogP contribution in [0.2, 0.25) is 0 Å². The van der Waals surface area contributed by atoms with E-state index in [0.29, 0.717) is 0 Å². The lowest BCUT2D eigenvalue weighted by Crippen LogP contribution is -1.94. The molecule has 0 bridgehead atoms. The third-order valence-corrected chi connectivity index (χ3v) is 4.55. The zero-order chi connectivity index (χ0) is 17.5. The fraction of sp³-hybridized carbons (Fsp3) is 0.0500. The Morgan fingerprint density at radius 3 is 2.85 bits per heavy atom. The van der Waals surface area contributed by atoms with E-state index < -0.39 is 0 Å². The number of anilines is 2. The number of imidazole rings is 1. The number of rotatable bonds is 3. The van der Waals surface area contributed by atoms with E-state index in [-0.39, 0.29) is 0 Å². The quantitative estimate of drug-likeness (QED) is 0.515. The molecule has 0 spiro atoms. The monoisotopic (exact) mass is 340 g/mol. The third kappa shape index (κ3) is 2.39. The second-order valence-electron chi connectivity index (χ2n) is 6.24. The number of aromatic amines is 1. The minimum atomic E-state index is 0.831. The summed E-state index contributed by atoms with van der Waals surface area (Å²) in [7, 11) is 2.06. The normalized spacial score (nSPS) is 11.3. The predicted molar refractivity (Wildman–Crippen MR) is 103 cm³/mol. The van der Waals surface area contributed by atoms with E-state index >= 15 is 0 Å². The molecule has 0 radical (unpaired) electrons. The molecule has 0 unspecified atom stereocenters. The van der Waals surface area contributed by atoms with Crippen LogP contribution in [-0.4, -0.2) is 24.5 Å². The van der Waals surface area contributed by atoms with Crippen LogP contribution in [0.15, 0.2) is 67.5 Å². The van der Waals surface area contributed by atoms with Crippen molar-refractivity contribution in [1.29, 1.82) is 0 Å². The zero-order valence-electron chi connectivity index (χ0n) is 14.1. The Bertz CT molecular complexity index is 1220. The van der Waals surface area contributed by atoms with Gasteiger partial charge in [-0.3, -0.25) is 9.97 Å². The lowest BCUT2D eigenvalue weighted by molar-refractivity contribution is 0.969. The summed E-state index contributed by atoms with van der Waals surface area (Å²) < 4.78 is 2.12. The van der Waals surface area contributed by atoms with Crippen LogP contribution in [0.1, 0.15) is 0 Å². The molecule has 6 nitrogen and oxygen atoms in total. The van der Waals surface area contributed by atoms with Crippen molar-refractivity contribution in [1.82, 2.24) is 24.5 Å². The molecular formula is C20H16N6. The average molecular weight is 340 g/mol. The van der Waals surface area contributed by atoms with Crippen LogP contribution >= 0.6 is 0 Å². The van der Waals surface area contributed by atoms with Gasteiger partial charge in [-0.25, -0.2) is 4.98 Å². The maximum absolute atomic E-state index is 4.57. The summed E-state index contributed by atoms with van der Waals surface area (Å²) in [6.45, 7) is 0. The number of benzene rings is 2. The first-order chi connectivity index (χ1) is 12.8. The van der Waals surface area contributed by atoms with Crippen LogP contribution in [0.5, 0.6) is 0 Å². The average Bonchev–Trinajstić information content (AvgIpc) is 3.31. The first-order valence-electron chi connectivity index (χ1n) is 8.33. The molecular weight excluding hydrogens is 324 g/mol. The predicted octanol–water partition coefficient (Wildman–Crippen LogP) is 4.26. The molecule has 26 heavy (non-hydrogen) atoms. The van der Waals surface area contributed by atoms with Gasteiger partial charge in [0, 0.05) is 42.4 Å². The van der Waals surface area contributed by atoms with E-state index in [4.69, 9.17) is 0 Å². The molecule has 2 aromatic carbocycles. The molecule has 0 aliphatic carbocycles. The number of aromatic nitrogens is 5. The molecule has 3 aromatic heterocycles. The first-order valence-corrected chi connectivity index (χ1v) is 8.33. The number of aryl methyl sites for hydroxylation is 1. The van der Waals surface area contributed by atoms with E-state index in [9.17, 15) is 0 Å². The number of H-pyrrole nitrogens is 1. The van der Waals surface area contributed by atoms with Crippen LogP contribution in [0.3, 0.4) is 0 Å². The van der Waals surface area contributed by atoms with Crippen molar-refractivity contribution in [3.05, 3.63) is 67.5 Å². The molecule has 0 amide bonds. The largest absolute Gasteiger partial charge is 0.351 e. The Balaban J connectivity index is 1.72. The number of hydrogen-bond donors (Lipinski definition) is 2. The van der Waals surface area contributed by atoms with Gasteiger partial charge in [0.1, 0.15) is 5.82 Å². The maximum atomic E-state index is 4.57. The molecule has 3 heterocycles. The summed E-state index contributed by atoms with van der Waals surface area (Å²) in [5.74, 6) is 0.831. The van der Waals surface area contributed by atoms with Crippen molar-refractivity contribution in [3.63, 3.8) is 0 Å². The van der Waals surface area contributed by atoms with E-state index in [1.165, 1.54) is 10.9 Å². The Morgan fingerprint density at radius 1 is 1.04 bits per heavy atom. The summed E-state index contributed by atoms with van der Waals surface area (Å²) in [5, 5.41) is 4.56. The van der Waals surface area contributed by atoms with Gasteiger partial charge >= 0.3 is 0 Å². The van der Waals surface area contributed by atoms with Gasteiger partial charge in [-0.15, -0.1) is 0 Å². The summed E-state index contributed by atoms with van der Waals surface area (Å²) in [5.41, 5.74) is 6.00. The standard InChI is InChI=1S/C20H16N6/c1-26-7-4-13-2-3-14(8-18(13)26)16-9-15(25-19-11-21-12-24-19)10-17-20(16)23-6-5-22-17/h2-12,25H,1H3,(H,21,24). The fourth-order valence-electron chi connectivity index (χ4n) is 3.28. The van der Waals surface area contributed by atoms with Crippen LogP contribution in [0, 0.1) is 0 Å². The third-order valence-electron chi connectivity index (χ3n) is 4.55. The van der Waals surface area contributed by atoms with Crippen LogP contribution in [0.25, 0.3) is 33.1 Å². The lowest BCUT2D eigenvalue weighted by Gasteiger charge is -2.11. The van der Waals surface area contributed by atoms with Gasteiger partial charge in [0.25, 0.3) is 0 Å². The number of hydrogen-bond acceptors (Lipinski definition) is 4. The fourth-order valence-corrected chi connectivity index (χ4v) is 3.28. The molecule has 0 saturated carbocycles. The Morgan fingerprint density at radius 2 is 1.96 bits per heavy atom. The van der Waals surface area contributed by atoms with E-state index in [2.05, 4.69) is 73.4 Å². The summed E-state index contributed by atoms with van der Waals surface area (Å²) in [6.07, 6.45) is 8.91. The highest BCUT2D eigenvalue weighted by atomic mass is 15.0. The maximum Gasteiger partial charge on any atom is 0.127 e. The molecule has 6 heteroatoms. The summed E-state index contributed by atoms with van der Waals surface area (Å²) in [4.78, 5) is 16.2. The minimum Gasteiger partial charge on any atom is -0.351 e. The van der Waals surface area contributed by atoms with Crippen LogP contribution in [0.4, 0.5) is 11.5 Å². The SMILES string of the molecule is Cn1ccc2ccc(-c3cc(Nc4cnc[nH]4)cc4nccnc34)cc21. The molecule has 0 saturated heterocycles. The highest BCUT2D eigenvalue weighted by molar-refractivity contribution is 5.97. The van der Waals surface area contributed by atoms with Gasteiger partial charge in [-0.05, 0) is 35.2 Å². The number of nitrogens with one attached hydrogen (secondary N) is 2. The van der Waals surface area contributed by atoms with E-state index in [0.717, 1.165) is 33.7 Å². The van der Waals surface area contributed by atoms with E-state index in [1.54, 1.807) is 24.9 Å². The van der Waals surface area contributed by atoms with Gasteiger partial charge in [0.05, 0.1) is 23.6 Å². The van der Waals surface area contributed by atoms with Crippen molar-refractivity contribution in [2.24, 2.45) is 7.05 Å². The van der Waals surface area contributed by atoms with E-state index in [1.807, 2.05) is 6.07 Å². The Kier molecular flexibility index (Phi) is 3.21. The van der Waals surface area contributed by atoms with Crippen molar-refractivity contribution in [2.45, 2.75) is 0 Å². The minimum absolute atomic E-state index is 0.831. The Hall–Kier alpha value is -3.67. The molecule has 2 N–H and O–H groups in total. The van der Waals surface area contributed by atoms with Crippen molar-refractivity contribution >= 4 is 33.4 Å². The molecule has 0 atom stereocenters. The second kappa shape index (κ2) is 5.70. The number of fused-ring (bicyclic) bond motifs is 2. The zero-order valence-corrected chi connectivity index (χ0v) is 14.1. The smallest absolute Gasteiger partial charge is 0.127 e. The summed E-state index contributed by atoms with van der Waals surface area (Å²) in [6, 6.07) is 12.7. The molecule has 126 valence electrons. The van der Waals surface area contributed by atoms with Crippen molar-refractivity contribution < 1.29 is 0 Å². The highest BCUT2D eigenvalue weighted by Crippen LogP contribution is 2.32. The Labute approximate surface area is 149 Å². The molecule has 0 aliphatic rings. The molecule has 0 fully saturated rings. The molecule has 0 aliphatic heterocycles. The highest BCUT2D eigenvalue weighted by Gasteiger charge is 2.11. The van der Waals surface area contributed by atoms with Crippen LogP contribution < -0.4 is 5.32 Å². The lowest BCUT2D eigenvalue weighted by atomic mass is 10.0.